The van der Waals surface area contributed by atoms with Gasteiger partial charge in [0.15, 0.2) is 0 Å². The molecular formula is C15H26N2O. The average Bonchev–Trinajstić information content (AvgIpc) is 2.88. The van der Waals surface area contributed by atoms with Crippen LogP contribution in [0, 0.1) is 18.8 Å². The molecule has 0 radical (unpaired) electrons. The van der Waals surface area contributed by atoms with Gasteiger partial charge in [-0.05, 0) is 50.8 Å². The molecule has 2 rings (SSSR count). The first-order valence-corrected chi connectivity index (χ1v) is 7.05. The molecule has 0 spiro atoms. The molecule has 1 saturated heterocycles. The van der Waals surface area contributed by atoms with E-state index in [-0.39, 0.29) is 12.1 Å². The second-order valence-corrected chi connectivity index (χ2v) is 6.04. The molecule has 2 N–H and O–H groups in total. The van der Waals surface area contributed by atoms with Gasteiger partial charge in [-0.3, -0.25) is 4.90 Å². The Hall–Kier alpha value is -0.800. The van der Waals surface area contributed by atoms with E-state index in [1.54, 1.807) is 0 Å². The third kappa shape index (κ3) is 2.78. The van der Waals surface area contributed by atoms with Crippen molar-refractivity contribution in [1.82, 2.24) is 4.90 Å². The van der Waals surface area contributed by atoms with Crippen molar-refractivity contribution >= 4 is 0 Å². The Balaban J connectivity index is 2.12. The summed E-state index contributed by atoms with van der Waals surface area (Å²) < 4.78 is 5.79. The summed E-state index contributed by atoms with van der Waals surface area (Å²) in [5.74, 6) is 3.53. The zero-order valence-corrected chi connectivity index (χ0v) is 12.0. The minimum absolute atomic E-state index is 0.0986. The van der Waals surface area contributed by atoms with Crippen LogP contribution in [0.25, 0.3) is 0 Å². The van der Waals surface area contributed by atoms with E-state index in [0.717, 1.165) is 36.4 Å². The highest BCUT2D eigenvalue weighted by Gasteiger charge is 2.33. The molecule has 1 aromatic heterocycles. The van der Waals surface area contributed by atoms with Crippen molar-refractivity contribution in [2.45, 2.75) is 46.2 Å². The van der Waals surface area contributed by atoms with Gasteiger partial charge in [-0.1, -0.05) is 13.8 Å². The molecule has 0 amide bonds. The van der Waals surface area contributed by atoms with Crippen molar-refractivity contribution < 1.29 is 4.42 Å². The predicted molar refractivity (Wildman–Crippen MR) is 74.4 cm³/mol. The number of nitrogens with zero attached hydrogens (tertiary/aromatic N) is 1. The first-order chi connectivity index (χ1) is 8.49. The van der Waals surface area contributed by atoms with E-state index in [2.05, 4.69) is 31.7 Å². The summed E-state index contributed by atoms with van der Waals surface area (Å²) in [6.07, 6.45) is 1.28. The second kappa shape index (κ2) is 5.45. The Morgan fingerprint density at radius 1 is 1.33 bits per heavy atom. The van der Waals surface area contributed by atoms with Crippen molar-refractivity contribution in [2.75, 3.05) is 13.1 Å². The molecule has 0 aliphatic carbocycles. The van der Waals surface area contributed by atoms with Gasteiger partial charge in [0.25, 0.3) is 0 Å². The molecule has 1 aliphatic rings. The van der Waals surface area contributed by atoms with Crippen molar-refractivity contribution in [3.63, 3.8) is 0 Å². The van der Waals surface area contributed by atoms with Gasteiger partial charge >= 0.3 is 0 Å². The van der Waals surface area contributed by atoms with Crippen LogP contribution in [0.2, 0.25) is 0 Å². The van der Waals surface area contributed by atoms with Crippen LogP contribution in [0.1, 0.15) is 44.8 Å². The Morgan fingerprint density at radius 3 is 2.50 bits per heavy atom. The summed E-state index contributed by atoms with van der Waals surface area (Å²) >= 11 is 0. The second-order valence-electron chi connectivity index (χ2n) is 6.04. The summed E-state index contributed by atoms with van der Waals surface area (Å²) in [6, 6.07) is 4.43. The van der Waals surface area contributed by atoms with Crippen molar-refractivity contribution in [2.24, 2.45) is 17.6 Å². The van der Waals surface area contributed by atoms with Crippen LogP contribution in [0.15, 0.2) is 16.5 Å². The number of aryl methyl sites for hydroxylation is 1. The zero-order chi connectivity index (χ0) is 13.3. The third-order valence-corrected chi connectivity index (χ3v) is 4.14. The molecule has 1 aromatic rings. The highest BCUT2D eigenvalue weighted by atomic mass is 16.3. The molecule has 2 heterocycles. The van der Waals surface area contributed by atoms with Crippen LogP contribution < -0.4 is 5.73 Å². The van der Waals surface area contributed by atoms with Crippen LogP contribution in [0.5, 0.6) is 0 Å². The lowest BCUT2D eigenvalue weighted by atomic mass is 9.95. The highest BCUT2D eigenvalue weighted by molar-refractivity contribution is 5.12. The third-order valence-electron chi connectivity index (χ3n) is 4.14. The molecule has 3 atom stereocenters. The summed E-state index contributed by atoms with van der Waals surface area (Å²) in [7, 11) is 0. The fourth-order valence-electron chi connectivity index (χ4n) is 3.00. The quantitative estimate of drug-likeness (QED) is 0.893. The largest absolute Gasteiger partial charge is 0.465 e. The Kier molecular flexibility index (Phi) is 4.13. The predicted octanol–water partition coefficient (Wildman–Crippen LogP) is 2.95. The molecule has 1 aliphatic heterocycles. The maximum absolute atomic E-state index is 6.18. The lowest BCUT2D eigenvalue weighted by Crippen LogP contribution is -2.38. The molecule has 18 heavy (non-hydrogen) atoms. The summed E-state index contributed by atoms with van der Waals surface area (Å²) in [6.45, 7) is 11.0. The van der Waals surface area contributed by atoms with E-state index >= 15 is 0 Å². The van der Waals surface area contributed by atoms with E-state index in [0.29, 0.717) is 0 Å². The maximum Gasteiger partial charge on any atom is 0.122 e. The summed E-state index contributed by atoms with van der Waals surface area (Å²) in [5.41, 5.74) is 6.18. The summed E-state index contributed by atoms with van der Waals surface area (Å²) in [4.78, 5) is 2.49. The van der Waals surface area contributed by atoms with Crippen LogP contribution in [0.4, 0.5) is 0 Å². The normalized spacial score (nSPS) is 24.7. The van der Waals surface area contributed by atoms with Gasteiger partial charge in [0, 0.05) is 12.6 Å². The van der Waals surface area contributed by atoms with E-state index in [4.69, 9.17) is 10.2 Å². The minimum atomic E-state index is 0.0986. The Morgan fingerprint density at radius 2 is 2.06 bits per heavy atom. The van der Waals surface area contributed by atoms with E-state index < -0.39 is 0 Å². The summed E-state index contributed by atoms with van der Waals surface area (Å²) in [5, 5.41) is 0. The Labute approximate surface area is 110 Å². The maximum atomic E-state index is 6.18. The number of rotatable bonds is 4. The molecule has 3 unspecified atom stereocenters. The van der Waals surface area contributed by atoms with Gasteiger partial charge in [-0.15, -0.1) is 0 Å². The lowest BCUT2D eigenvalue weighted by molar-refractivity contribution is 0.178. The van der Waals surface area contributed by atoms with Gasteiger partial charge in [0.2, 0.25) is 0 Å². The first kappa shape index (κ1) is 13.6. The van der Waals surface area contributed by atoms with Gasteiger partial charge in [-0.2, -0.15) is 0 Å². The average molecular weight is 250 g/mol. The molecule has 102 valence electrons. The van der Waals surface area contributed by atoms with Gasteiger partial charge in [-0.25, -0.2) is 0 Å². The standard InChI is InChI=1S/C15H26N2O/c1-10(2)13-7-8-17(9-13)15(12(4)16)14-6-5-11(3)18-14/h5-6,10,12-13,15H,7-9,16H2,1-4H3. The van der Waals surface area contributed by atoms with Gasteiger partial charge < -0.3 is 10.2 Å². The SMILES string of the molecule is Cc1ccc(C(C(C)N)N2CCC(C(C)C)C2)o1. The highest BCUT2D eigenvalue weighted by Crippen LogP contribution is 2.33. The smallest absolute Gasteiger partial charge is 0.122 e. The molecule has 0 aromatic carbocycles. The van der Waals surface area contributed by atoms with Crippen LogP contribution in [-0.2, 0) is 0 Å². The molecule has 3 heteroatoms. The van der Waals surface area contributed by atoms with Gasteiger partial charge in [0.1, 0.15) is 11.5 Å². The van der Waals surface area contributed by atoms with Crippen LogP contribution in [-0.4, -0.2) is 24.0 Å². The number of furan rings is 1. The zero-order valence-electron chi connectivity index (χ0n) is 12.0. The molecule has 3 nitrogen and oxygen atoms in total. The molecular weight excluding hydrogens is 224 g/mol. The monoisotopic (exact) mass is 250 g/mol. The lowest BCUT2D eigenvalue weighted by Gasteiger charge is -2.29. The topological polar surface area (TPSA) is 42.4 Å². The number of likely N-dealkylation sites (tertiary alicyclic amines) is 1. The van der Waals surface area contributed by atoms with E-state index in [9.17, 15) is 0 Å². The van der Waals surface area contributed by atoms with E-state index in [1.807, 2.05) is 13.0 Å². The van der Waals surface area contributed by atoms with Crippen molar-refractivity contribution in [1.29, 1.82) is 0 Å². The Bertz CT molecular complexity index is 384. The van der Waals surface area contributed by atoms with Gasteiger partial charge in [0.05, 0.1) is 6.04 Å². The molecule has 0 saturated carbocycles. The first-order valence-electron chi connectivity index (χ1n) is 7.05. The van der Waals surface area contributed by atoms with Crippen LogP contribution in [0.3, 0.4) is 0 Å². The molecule has 1 fully saturated rings. The number of hydrogen-bond donors (Lipinski definition) is 1. The fourth-order valence-corrected chi connectivity index (χ4v) is 3.00. The van der Waals surface area contributed by atoms with Crippen molar-refractivity contribution in [3.8, 4) is 0 Å². The molecule has 0 bridgehead atoms. The van der Waals surface area contributed by atoms with Crippen molar-refractivity contribution in [3.05, 3.63) is 23.7 Å². The number of hydrogen-bond acceptors (Lipinski definition) is 3. The fraction of sp³-hybridized carbons (Fsp3) is 0.733. The number of nitrogens with two attached hydrogens (primary N) is 1. The van der Waals surface area contributed by atoms with Crippen LogP contribution >= 0.6 is 0 Å². The minimum Gasteiger partial charge on any atom is -0.465 e. The van der Waals surface area contributed by atoms with E-state index in [1.165, 1.54) is 6.42 Å².